The molecular formula is C6H9OPS3. The third-order valence-electron chi connectivity index (χ3n) is 1.30. The van der Waals surface area contributed by atoms with Gasteiger partial charge in [-0.1, -0.05) is 28.7 Å². The summed E-state index contributed by atoms with van der Waals surface area (Å²) < 4.78 is 3.86. The Morgan fingerprint density at radius 3 is 3.18 bits per heavy atom. The van der Waals surface area contributed by atoms with Crippen molar-refractivity contribution >= 4 is 39.2 Å². The molecular weight excluding hydrogens is 215 g/mol. The molecule has 0 aromatic rings. The first-order valence-corrected chi connectivity index (χ1v) is 9.18. The van der Waals surface area contributed by atoms with E-state index in [1.807, 2.05) is 6.26 Å². The Kier molecular flexibility index (Phi) is 3.80. The van der Waals surface area contributed by atoms with Gasteiger partial charge in [0.15, 0.2) is 4.67 Å². The van der Waals surface area contributed by atoms with Gasteiger partial charge in [0.1, 0.15) is 0 Å². The Morgan fingerprint density at radius 1 is 1.91 bits per heavy atom. The molecule has 0 amide bonds. The van der Waals surface area contributed by atoms with Crippen molar-refractivity contribution in [2.75, 3.05) is 12.9 Å². The van der Waals surface area contributed by atoms with Crippen LogP contribution in [0.3, 0.4) is 0 Å². The molecule has 1 aliphatic heterocycles. The standard InChI is InChI=1S/C6H9OPS3/c1-3-6-4-5-7-8(9,10-2)11-6/h1,6H,4-5H2,2H3. The zero-order valence-electron chi connectivity index (χ0n) is 6.15. The predicted molar refractivity (Wildman–Crippen MR) is 58.6 cm³/mol. The average molecular weight is 224 g/mol. The highest BCUT2D eigenvalue weighted by Gasteiger charge is 2.27. The van der Waals surface area contributed by atoms with E-state index in [9.17, 15) is 0 Å². The first-order chi connectivity index (χ1) is 5.20. The molecule has 0 aliphatic carbocycles. The zero-order valence-corrected chi connectivity index (χ0v) is 9.49. The first-order valence-electron chi connectivity index (χ1n) is 3.15. The van der Waals surface area contributed by atoms with Crippen LogP contribution in [0.2, 0.25) is 0 Å². The highest BCUT2D eigenvalue weighted by atomic mass is 33.2. The summed E-state index contributed by atoms with van der Waals surface area (Å²) in [6.07, 6.45) is 8.25. The predicted octanol–water partition coefficient (Wildman–Crippen LogP) is 2.73. The van der Waals surface area contributed by atoms with Crippen molar-refractivity contribution in [1.82, 2.24) is 0 Å². The lowest BCUT2D eigenvalue weighted by atomic mass is 10.3. The first kappa shape index (κ1) is 9.95. The second-order valence-electron chi connectivity index (χ2n) is 2.01. The smallest absolute Gasteiger partial charge is 0.175 e. The molecule has 1 heterocycles. The maximum absolute atomic E-state index is 5.50. The van der Waals surface area contributed by atoms with Crippen LogP contribution in [0.15, 0.2) is 0 Å². The van der Waals surface area contributed by atoms with Gasteiger partial charge in [0.05, 0.1) is 11.9 Å². The Bertz CT molecular complexity index is 222. The van der Waals surface area contributed by atoms with E-state index < -0.39 is 4.67 Å². The van der Waals surface area contributed by atoms with Gasteiger partial charge >= 0.3 is 0 Å². The zero-order chi connectivity index (χ0) is 8.32. The fourth-order valence-electron chi connectivity index (χ4n) is 0.720. The summed E-state index contributed by atoms with van der Waals surface area (Å²) in [5.41, 5.74) is 0. The van der Waals surface area contributed by atoms with Crippen molar-refractivity contribution in [1.29, 1.82) is 0 Å². The highest BCUT2D eigenvalue weighted by Crippen LogP contribution is 2.72. The van der Waals surface area contributed by atoms with Gasteiger partial charge < -0.3 is 4.52 Å². The molecule has 1 rings (SSSR count). The monoisotopic (exact) mass is 224 g/mol. The lowest BCUT2D eigenvalue weighted by Gasteiger charge is -2.27. The van der Waals surface area contributed by atoms with E-state index in [1.165, 1.54) is 0 Å². The van der Waals surface area contributed by atoms with Crippen molar-refractivity contribution < 1.29 is 4.52 Å². The summed E-state index contributed by atoms with van der Waals surface area (Å²) in [6.45, 7) is 0.736. The average Bonchev–Trinajstić information content (AvgIpc) is 2.05. The van der Waals surface area contributed by atoms with Crippen LogP contribution in [-0.2, 0) is 16.3 Å². The Hall–Kier alpha value is 0.870. The van der Waals surface area contributed by atoms with Gasteiger partial charge in [0.2, 0.25) is 0 Å². The molecule has 2 atom stereocenters. The fourth-order valence-corrected chi connectivity index (χ4v) is 7.38. The van der Waals surface area contributed by atoms with E-state index in [0.29, 0.717) is 0 Å². The molecule has 5 heteroatoms. The van der Waals surface area contributed by atoms with Gasteiger partial charge in [0, 0.05) is 0 Å². The molecule has 0 N–H and O–H groups in total. The minimum atomic E-state index is -1.64. The molecule has 1 aliphatic rings. The third-order valence-corrected chi connectivity index (χ3v) is 11.2. The van der Waals surface area contributed by atoms with Crippen LogP contribution in [0.1, 0.15) is 6.42 Å². The van der Waals surface area contributed by atoms with Crippen LogP contribution in [0.25, 0.3) is 0 Å². The van der Waals surface area contributed by atoms with Gasteiger partial charge in [-0.2, -0.15) is 0 Å². The number of hydrogen-bond donors (Lipinski definition) is 0. The quantitative estimate of drug-likeness (QED) is 0.500. The Labute approximate surface area is 80.6 Å². The van der Waals surface area contributed by atoms with Crippen LogP contribution in [0.5, 0.6) is 0 Å². The molecule has 0 aromatic carbocycles. The largest absolute Gasteiger partial charge is 0.334 e. The molecule has 1 nitrogen and oxygen atoms in total. The number of hydrogen-bond acceptors (Lipinski definition) is 4. The van der Waals surface area contributed by atoms with Gasteiger partial charge in [-0.25, -0.2) is 0 Å². The molecule has 0 radical (unpaired) electrons. The van der Waals surface area contributed by atoms with E-state index in [0.717, 1.165) is 13.0 Å². The summed E-state index contributed by atoms with van der Waals surface area (Å²) in [6, 6.07) is 0. The second-order valence-corrected chi connectivity index (χ2v) is 12.7. The fraction of sp³-hybridized carbons (Fsp3) is 0.667. The molecule has 1 saturated heterocycles. The molecule has 0 aromatic heterocycles. The van der Waals surface area contributed by atoms with Crippen LogP contribution in [0.4, 0.5) is 0 Å². The van der Waals surface area contributed by atoms with Crippen molar-refractivity contribution in [2.24, 2.45) is 0 Å². The van der Waals surface area contributed by atoms with E-state index >= 15 is 0 Å². The molecule has 0 spiro atoms. The molecule has 11 heavy (non-hydrogen) atoms. The van der Waals surface area contributed by atoms with Crippen LogP contribution in [-0.4, -0.2) is 18.1 Å². The van der Waals surface area contributed by atoms with Crippen LogP contribution >= 0.6 is 27.4 Å². The summed E-state index contributed by atoms with van der Waals surface area (Å²) in [4.78, 5) is 0. The molecule has 2 unspecified atom stereocenters. The summed E-state index contributed by atoms with van der Waals surface area (Å²) >= 11 is 8.62. The SMILES string of the molecule is C#CC1CCOP(=S)(SC)S1. The van der Waals surface area contributed by atoms with E-state index in [-0.39, 0.29) is 5.25 Å². The highest BCUT2D eigenvalue weighted by molar-refractivity contribution is 8.99. The van der Waals surface area contributed by atoms with Gasteiger partial charge in [0.25, 0.3) is 0 Å². The lowest BCUT2D eigenvalue weighted by Crippen LogP contribution is -2.08. The summed E-state index contributed by atoms with van der Waals surface area (Å²) in [7, 11) is 0. The molecule has 0 saturated carbocycles. The maximum atomic E-state index is 5.50. The van der Waals surface area contributed by atoms with E-state index in [2.05, 4.69) is 5.92 Å². The second kappa shape index (κ2) is 4.20. The third kappa shape index (κ3) is 2.68. The minimum Gasteiger partial charge on any atom is -0.334 e. The molecule has 0 bridgehead atoms. The molecule has 1 fully saturated rings. The summed E-state index contributed by atoms with van der Waals surface area (Å²) in [5.74, 6) is 2.72. The van der Waals surface area contributed by atoms with Crippen LogP contribution < -0.4 is 0 Å². The maximum Gasteiger partial charge on any atom is 0.175 e. The van der Waals surface area contributed by atoms with Crippen molar-refractivity contribution in [3.63, 3.8) is 0 Å². The van der Waals surface area contributed by atoms with Crippen molar-refractivity contribution in [3.05, 3.63) is 0 Å². The van der Waals surface area contributed by atoms with E-state index in [1.54, 1.807) is 22.8 Å². The van der Waals surface area contributed by atoms with Gasteiger partial charge in [-0.05, 0) is 24.5 Å². The summed E-state index contributed by atoms with van der Waals surface area (Å²) in [5, 5.41) is 0.280. The van der Waals surface area contributed by atoms with Crippen LogP contribution in [0, 0.1) is 12.3 Å². The minimum absolute atomic E-state index is 0.280. The van der Waals surface area contributed by atoms with Crippen molar-refractivity contribution in [2.45, 2.75) is 11.7 Å². The van der Waals surface area contributed by atoms with Crippen molar-refractivity contribution in [3.8, 4) is 12.3 Å². The topological polar surface area (TPSA) is 9.23 Å². The number of rotatable bonds is 1. The Balaban J connectivity index is 2.61. The van der Waals surface area contributed by atoms with E-state index in [4.69, 9.17) is 22.8 Å². The molecule has 62 valence electrons. The van der Waals surface area contributed by atoms with Gasteiger partial charge in [-0.15, -0.1) is 6.42 Å². The normalized spacial score (nSPS) is 38.0. The van der Waals surface area contributed by atoms with Gasteiger partial charge in [-0.3, -0.25) is 0 Å². The number of terminal acetylenes is 1. The lowest BCUT2D eigenvalue weighted by molar-refractivity contribution is 0.356. The Morgan fingerprint density at radius 2 is 2.64 bits per heavy atom.